The zero-order valence-electron chi connectivity index (χ0n) is 12.5. The molecule has 2 aromatic rings. The Labute approximate surface area is 133 Å². The van der Waals surface area contributed by atoms with Crippen molar-refractivity contribution in [2.75, 3.05) is 12.0 Å². The van der Waals surface area contributed by atoms with Crippen molar-refractivity contribution in [2.45, 2.75) is 6.42 Å². The summed E-state index contributed by atoms with van der Waals surface area (Å²) in [5, 5.41) is 9.28. The summed E-state index contributed by atoms with van der Waals surface area (Å²) in [5.74, 6) is 0.229. The third kappa shape index (κ3) is 2.94. The van der Waals surface area contributed by atoms with E-state index in [4.69, 9.17) is 4.74 Å². The Hall–Kier alpha value is -3.08. The minimum atomic E-state index is -0.326. The van der Waals surface area contributed by atoms with Crippen LogP contribution in [0.25, 0.3) is 6.08 Å². The average Bonchev–Trinajstić information content (AvgIpc) is 2.84. The largest absolute Gasteiger partial charge is 0.508 e. The molecular formula is C18H15NO4. The van der Waals surface area contributed by atoms with Crippen molar-refractivity contribution in [3.8, 4) is 11.5 Å². The summed E-state index contributed by atoms with van der Waals surface area (Å²) >= 11 is 0. The molecule has 1 fully saturated rings. The van der Waals surface area contributed by atoms with E-state index in [-0.39, 0.29) is 24.0 Å². The van der Waals surface area contributed by atoms with E-state index in [0.29, 0.717) is 17.0 Å². The van der Waals surface area contributed by atoms with Crippen LogP contribution < -0.4 is 9.64 Å². The van der Waals surface area contributed by atoms with Crippen LogP contribution in [0.5, 0.6) is 11.5 Å². The molecule has 2 amide bonds. The second-order valence-electron chi connectivity index (χ2n) is 5.17. The highest BCUT2D eigenvalue weighted by Crippen LogP contribution is 2.28. The number of amides is 2. The van der Waals surface area contributed by atoms with Crippen molar-refractivity contribution in [1.29, 1.82) is 0 Å². The molecule has 1 aliphatic rings. The van der Waals surface area contributed by atoms with Gasteiger partial charge in [0, 0.05) is 5.57 Å². The minimum Gasteiger partial charge on any atom is -0.508 e. The van der Waals surface area contributed by atoms with E-state index < -0.39 is 0 Å². The summed E-state index contributed by atoms with van der Waals surface area (Å²) in [5.41, 5.74) is 1.71. The number of phenols is 1. The second-order valence-corrected chi connectivity index (χ2v) is 5.17. The van der Waals surface area contributed by atoms with E-state index in [1.54, 1.807) is 49.6 Å². The maximum absolute atomic E-state index is 12.5. The summed E-state index contributed by atoms with van der Waals surface area (Å²) in [6.07, 6.45) is 1.73. The number of phenolic OH excluding ortho intramolecular Hbond substituents is 1. The SMILES string of the molecule is COc1ccc(N2C(=O)C/C(=C\c3ccc(O)cc3)C2=O)cc1. The Morgan fingerprint density at radius 3 is 2.30 bits per heavy atom. The molecule has 1 saturated heterocycles. The van der Waals surface area contributed by atoms with Gasteiger partial charge in [0.15, 0.2) is 0 Å². The van der Waals surface area contributed by atoms with Crippen LogP contribution in [0.15, 0.2) is 54.1 Å². The van der Waals surface area contributed by atoms with Crippen LogP contribution in [0.4, 0.5) is 5.69 Å². The number of hydrogen-bond acceptors (Lipinski definition) is 4. The molecule has 5 heteroatoms. The maximum Gasteiger partial charge on any atom is 0.261 e. The zero-order chi connectivity index (χ0) is 16.4. The number of carbonyl (C=O) groups excluding carboxylic acids is 2. The molecule has 2 aromatic carbocycles. The molecule has 23 heavy (non-hydrogen) atoms. The third-order valence-electron chi connectivity index (χ3n) is 3.63. The van der Waals surface area contributed by atoms with Gasteiger partial charge in [-0.05, 0) is 48.0 Å². The van der Waals surface area contributed by atoms with Gasteiger partial charge in [-0.1, -0.05) is 12.1 Å². The molecule has 3 rings (SSSR count). The number of methoxy groups -OCH3 is 1. The fourth-order valence-corrected chi connectivity index (χ4v) is 2.45. The molecule has 0 saturated carbocycles. The van der Waals surface area contributed by atoms with Gasteiger partial charge in [-0.25, -0.2) is 4.90 Å². The normalized spacial score (nSPS) is 16.2. The van der Waals surface area contributed by atoms with Crippen molar-refractivity contribution in [1.82, 2.24) is 0 Å². The molecule has 116 valence electrons. The van der Waals surface area contributed by atoms with Gasteiger partial charge in [-0.2, -0.15) is 0 Å². The first kappa shape index (κ1) is 14.8. The van der Waals surface area contributed by atoms with Crippen molar-refractivity contribution < 1.29 is 19.4 Å². The lowest BCUT2D eigenvalue weighted by Crippen LogP contribution is -2.28. The highest BCUT2D eigenvalue weighted by atomic mass is 16.5. The first-order valence-corrected chi connectivity index (χ1v) is 7.09. The number of rotatable bonds is 3. The number of carbonyl (C=O) groups is 2. The highest BCUT2D eigenvalue weighted by Gasteiger charge is 2.34. The molecule has 5 nitrogen and oxygen atoms in total. The van der Waals surface area contributed by atoms with Gasteiger partial charge >= 0.3 is 0 Å². The van der Waals surface area contributed by atoms with Gasteiger partial charge in [-0.3, -0.25) is 9.59 Å². The van der Waals surface area contributed by atoms with E-state index in [1.165, 1.54) is 17.0 Å². The van der Waals surface area contributed by atoms with E-state index in [0.717, 1.165) is 5.56 Å². The van der Waals surface area contributed by atoms with Crippen LogP contribution in [-0.4, -0.2) is 24.0 Å². The molecule has 0 spiro atoms. The van der Waals surface area contributed by atoms with E-state index in [2.05, 4.69) is 0 Å². The lowest BCUT2D eigenvalue weighted by atomic mass is 10.1. The molecule has 1 heterocycles. The van der Waals surface area contributed by atoms with Crippen LogP contribution in [0.3, 0.4) is 0 Å². The molecular weight excluding hydrogens is 294 g/mol. The lowest BCUT2D eigenvalue weighted by molar-refractivity contribution is -0.120. The number of benzene rings is 2. The lowest BCUT2D eigenvalue weighted by Gasteiger charge is -2.13. The Kier molecular flexibility index (Phi) is 3.85. The minimum absolute atomic E-state index is 0.0612. The van der Waals surface area contributed by atoms with Gasteiger partial charge in [0.1, 0.15) is 11.5 Å². The summed E-state index contributed by atoms with van der Waals surface area (Å²) < 4.78 is 5.08. The quantitative estimate of drug-likeness (QED) is 0.699. The Morgan fingerprint density at radius 2 is 1.70 bits per heavy atom. The van der Waals surface area contributed by atoms with Crippen molar-refractivity contribution in [3.05, 3.63) is 59.7 Å². The average molecular weight is 309 g/mol. The predicted molar refractivity (Wildman–Crippen MR) is 86.2 cm³/mol. The maximum atomic E-state index is 12.5. The third-order valence-corrected chi connectivity index (χ3v) is 3.63. The van der Waals surface area contributed by atoms with Gasteiger partial charge in [-0.15, -0.1) is 0 Å². The van der Waals surface area contributed by atoms with Crippen LogP contribution in [0.2, 0.25) is 0 Å². The van der Waals surface area contributed by atoms with Gasteiger partial charge in [0.05, 0.1) is 19.2 Å². The molecule has 0 aliphatic carbocycles. The zero-order valence-corrected chi connectivity index (χ0v) is 12.5. The summed E-state index contributed by atoms with van der Waals surface area (Å²) in [4.78, 5) is 25.9. The molecule has 0 atom stereocenters. The smallest absolute Gasteiger partial charge is 0.261 e. The summed E-state index contributed by atoms with van der Waals surface area (Å²) in [6, 6.07) is 13.2. The number of imide groups is 1. The molecule has 0 unspecified atom stereocenters. The number of hydrogen-bond donors (Lipinski definition) is 1. The molecule has 1 aliphatic heterocycles. The number of ether oxygens (including phenoxy) is 1. The van der Waals surface area contributed by atoms with E-state index in [9.17, 15) is 14.7 Å². The first-order valence-electron chi connectivity index (χ1n) is 7.09. The van der Waals surface area contributed by atoms with Crippen LogP contribution in [0.1, 0.15) is 12.0 Å². The Morgan fingerprint density at radius 1 is 1.04 bits per heavy atom. The standard InChI is InChI=1S/C18H15NO4/c1-23-16-8-4-14(5-9-16)19-17(21)11-13(18(19)22)10-12-2-6-15(20)7-3-12/h2-10,20H,11H2,1H3/b13-10+. The topological polar surface area (TPSA) is 66.8 Å². The molecule has 0 radical (unpaired) electrons. The second kappa shape index (κ2) is 5.96. The Balaban J connectivity index is 1.88. The monoisotopic (exact) mass is 309 g/mol. The Bertz CT molecular complexity index is 776. The molecule has 0 bridgehead atoms. The predicted octanol–water partition coefficient (Wildman–Crippen LogP) is 2.75. The number of anilines is 1. The fourth-order valence-electron chi connectivity index (χ4n) is 2.45. The molecule has 1 N–H and O–H groups in total. The molecule has 0 aromatic heterocycles. The summed E-state index contributed by atoms with van der Waals surface area (Å²) in [6.45, 7) is 0. The van der Waals surface area contributed by atoms with E-state index >= 15 is 0 Å². The first-order chi connectivity index (χ1) is 11.1. The van der Waals surface area contributed by atoms with Crippen molar-refractivity contribution in [3.63, 3.8) is 0 Å². The van der Waals surface area contributed by atoms with Gasteiger partial charge in [0.25, 0.3) is 5.91 Å². The van der Waals surface area contributed by atoms with Crippen molar-refractivity contribution >= 4 is 23.6 Å². The van der Waals surface area contributed by atoms with Crippen molar-refractivity contribution in [2.24, 2.45) is 0 Å². The van der Waals surface area contributed by atoms with Crippen LogP contribution in [0, 0.1) is 0 Å². The van der Waals surface area contributed by atoms with Crippen LogP contribution >= 0.6 is 0 Å². The van der Waals surface area contributed by atoms with Crippen LogP contribution in [-0.2, 0) is 9.59 Å². The van der Waals surface area contributed by atoms with E-state index in [1.807, 2.05) is 0 Å². The van der Waals surface area contributed by atoms with Gasteiger partial charge < -0.3 is 9.84 Å². The number of aromatic hydroxyl groups is 1. The fraction of sp³-hybridized carbons (Fsp3) is 0.111. The number of nitrogens with zero attached hydrogens (tertiary/aromatic N) is 1. The highest BCUT2D eigenvalue weighted by molar-refractivity contribution is 6.29. The van der Waals surface area contributed by atoms with Gasteiger partial charge in [0.2, 0.25) is 5.91 Å². The summed E-state index contributed by atoms with van der Waals surface area (Å²) in [7, 11) is 1.56.